The zero-order valence-electron chi connectivity index (χ0n) is 50.6. The molecular formula is C86H62N10. The van der Waals surface area contributed by atoms with Crippen molar-refractivity contribution in [3.05, 3.63) is 328 Å². The van der Waals surface area contributed by atoms with E-state index in [1.165, 1.54) is 27.1 Å². The van der Waals surface area contributed by atoms with Crippen molar-refractivity contribution in [3.63, 3.8) is 0 Å². The average molecular weight is 1240 g/mol. The molecule has 0 saturated carbocycles. The van der Waals surface area contributed by atoms with Crippen LogP contribution in [0.15, 0.2) is 328 Å². The number of hydrogen-bond donors (Lipinski definition) is 0. The number of para-hydroxylation sites is 6. The van der Waals surface area contributed by atoms with Crippen molar-refractivity contribution in [2.24, 2.45) is 0 Å². The lowest BCUT2D eigenvalue weighted by molar-refractivity contribution is 0.953. The maximum absolute atomic E-state index is 5.27. The highest BCUT2D eigenvalue weighted by Gasteiger charge is 2.26. The van der Waals surface area contributed by atoms with Gasteiger partial charge in [-0.25, -0.2) is 9.97 Å². The quantitative estimate of drug-likeness (QED) is 0.143. The van der Waals surface area contributed by atoms with E-state index in [2.05, 4.69) is 261 Å². The van der Waals surface area contributed by atoms with Crippen LogP contribution in [0.3, 0.4) is 0 Å². The lowest BCUT2D eigenvalue weighted by atomic mass is 10.0. The maximum Gasteiger partial charge on any atom is 0.238 e. The Labute approximate surface area is 554 Å². The van der Waals surface area contributed by atoms with Gasteiger partial charge in [0.05, 0.1) is 44.1 Å². The molecule has 0 atom stereocenters. The van der Waals surface area contributed by atoms with E-state index in [9.17, 15) is 0 Å². The molecule has 0 amide bonds. The first kappa shape index (κ1) is 58.2. The summed E-state index contributed by atoms with van der Waals surface area (Å²) < 4.78 is 9.22. The van der Waals surface area contributed by atoms with E-state index < -0.39 is 0 Å². The molecule has 10 heteroatoms. The minimum Gasteiger partial charge on any atom is -0.307 e. The third-order valence-electron chi connectivity index (χ3n) is 18.0. The molecule has 0 aliphatic carbocycles. The highest BCUT2D eigenvalue weighted by Crippen LogP contribution is 2.44. The molecule has 6 aromatic heterocycles. The molecule has 96 heavy (non-hydrogen) atoms. The lowest BCUT2D eigenvalue weighted by Gasteiger charge is -2.13. The molecule has 0 fully saturated rings. The molecule has 19 rings (SSSR count). The first-order chi connectivity index (χ1) is 46.7. The highest BCUT2D eigenvalue weighted by atomic mass is 15.2. The molecule has 0 saturated heterocycles. The van der Waals surface area contributed by atoms with Crippen LogP contribution in [-0.4, -0.2) is 48.2 Å². The van der Waals surface area contributed by atoms with E-state index in [0.29, 0.717) is 35.2 Å². The van der Waals surface area contributed by atoms with Gasteiger partial charge in [-0.2, -0.15) is 19.9 Å². The summed E-state index contributed by atoms with van der Waals surface area (Å²) in [5.41, 5.74) is 17.0. The van der Waals surface area contributed by atoms with Gasteiger partial charge < -0.3 is 9.13 Å². The second-order valence-corrected chi connectivity index (χ2v) is 23.4. The fourth-order valence-electron chi connectivity index (χ4n) is 13.8. The van der Waals surface area contributed by atoms with Crippen molar-refractivity contribution in [3.8, 4) is 79.9 Å². The fraction of sp³-hybridized carbons (Fsp3) is 0.0233. The Kier molecular flexibility index (Phi) is 14.7. The van der Waals surface area contributed by atoms with E-state index in [4.69, 9.17) is 29.9 Å². The van der Waals surface area contributed by atoms with Crippen LogP contribution in [-0.2, 0) is 0 Å². The van der Waals surface area contributed by atoms with E-state index in [1.54, 1.807) is 0 Å². The summed E-state index contributed by atoms with van der Waals surface area (Å²) in [6, 6.07) is 114. The molecule has 0 spiro atoms. The predicted octanol–water partition coefficient (Wildman–Crippen LogP) is 21.7. The van der Waals surface area contributed by atoms with Crippen molar-refractivity contribution >= 4 is 87.2 Å². The lowest BCUT2D eigenvalue weighted by Crippen LogP contribution is -2.07. The van der Waals surface area contributed by atoms with Gasteiger partial charge in [-0.1, -0.05) is 294 Å². The second kappa shape index (κ2) is 24.3. The summed E-state index contributed by atoms with van der Waals surface area (Å²) >= 11 is 0. The van der Waals surface area contributed by atoms with Crippen molar-refractivity contribution in [2.75, 3.05) is 0 Å². The smallest absolute Gasteiger partial charge is 0.238 e. The van der Waals surface area contributed by atoms with Crippen LogP contribution in [0.1, 0.15) is 14.9 Å². The van der Waals surface area contributed by atoms with E-state index in [-0.39, 0.29) is 14.9 Å². The monoisotopic (exact) mass is 1230 g/mol. The van der Waals surface area contributed by atoms with E-state index in [0.717, 1.165) is 105 Å². The summed E-state index contributed by atoms with van der Waals surface area (Å²) in [5, 5.41) is 9.35. The van der Waals surface area contributed by atoms with Crippen LogP contribution < -0.4 is 0 Å². The maximum atomic E-state index is 5.27. The van der Waals surface area contributed by atoms with Gasteiger partial charge in [-0.05, 0) is 59.7 Å². The minimum atomic E-state index is 0. The largest absolute Gasteiger partial charge is 0.307 e. The molecule has 0 N–H and O–H groups in total. The average Bonchev–Trinajstić information content (AvgIpc) is 1.55. The van der Waals surface area contributed by atoms with Gasteiger partial charge in [-0.15, -0.1) is 0 Å². The molecule has 6 heterocycles. The molecule has 13 aromatic carbocycles. The molecule has 19 aromatic rings. The zero-order valence-corrected chi connectivity index (χ0v) is 50.6. The third-order valence-corrected chi connectivity index (χ3v) is 18.0. The molecular weight excluding hydrogens is 1170 g/mol. The standard InChI is InChI=1S/C45H29N5.C39H25N5.2CH4/c1-4-14-30(15-5-1)31-24-26-33(27-25-31)44-46-43(32-16-6-2-7-17-32)47-45(48-44)50-40-23-13-11-21-36(40)38-29-28-37-35-20-10-12-22-39(35)49(41(37)42(38)50)34-18-8-3-9-19-34;1-4-14-26(15-5-1)37-40-38(27-16-6-2-7-17-27)42-39(41-37)44-34-23-13-11-21-30(34)32-25-24-31-29-20-10-12-22-33(29)43(35(31)36(32)44)28-18-8-3-9-19-28;;/h1-29H;1-25H;2*1H4. The van der Waals surface area contributed by atoms with Crippen molar-refractivity contribution in [1.29, 1.82) is 0 Å². The van der Waals surface area contributed by atoms with Crippen LogP contribution >= 0.6 is 0 Å². The van der Waals surface area contributed by atoms with Crippen molar-refractivity contribution < 1.29 is 0 Å². The number of aromatic nitrogens is 10. The zero-order chi connectivity index (χ0) is 62.1. The van der Waals surface area contributed by atoms with Crippen LogP contribution in [0, 0.1) is 0 Å². The molecule has 0 aliphatic heterocycles. The first-order valence-corrected chi connectivity index (χ1v) is 31.5. The SMILES string of the molecule is C.C.c1ccc(-c2ccc(-c3nc(-c4ccccc4)nc(-n4c5ccccc5c5ccc6c7ccccc7n(-c7ccccc7)c6c54)n3)cc2)cc1.c1ccc(-c2nc(-c3ccccc3)nc(-n3c4ccccc4c4ccc5c6ccccc6n(-c6ccccc6)c5c43)n2)cc1. The number of benzene rings is 13. The predicted molar refractivity (Wildman–Crippen MR) is 398 cm³/mol. The Hall–Kier alpha value is -12.9. The van der Waals surface area contributed by atoms with Crippen LogP contribution in [0.4, 0.5) is 0 Å². The van der Waals surface area contributed by atoms with Gasteiger partial charge in [0, 0.05) is 76.7 Å². The number of fused-ring (bicyclic) bond motifs is 14. The molecule has 10 nitrogen and oxygen atoms in total. The van der Waals surface area contributed by atoms with Gasteiger partial charge >= 0.3 is 0 Å². The molecule has 0 aliphatic rings. The van der Waals surface area contributed by atoms with Crippen molar-refractivity contribution in [1.82, 2.24) is 48.2 Å². The Morgan fingerprint density at radius 1 is 0.167 bits per heavy atom. The molecule has 0 bridgehead atoms. The summed E-state index contributed by atoms with van der Waals surface area (Å²) in [5.74, 6) is 3.67. The van der Waals surface area contributed by atoms with Gasteiger partial charge in [0.2, 0.25) is 11.9 Å². The Bertz CT molecular complexity index is 6000. The Morgan fingerprint density at radius 2 is 0.385 bits per heavy atom. The number of nitrogens with zero attached hydrogens (tertiary/aromatic N) is 10. The Morgan fingerprint density at radius 3 is 0.698 bits per heavy atom. The Balaban J connectivity index is 0.000000149. The molecule has 0 unspecified atom stereocenters. The second-order valence-electron chi connectivity index (χ2n) is 23.4. The minimum absolute atomic E-state index is 0. The van der Waals surface area contributed by atoms with Gasteiger partial charge in [0.15, 0.2) is 23.3 Å². The normalized spacial score (nSPS) is 11.4. The molecule has 0 radical (unpaired) electrons. The first-order valence-electron chi connectivity index (χ1n) is 31.5. The number of rotatable bonds is 9. The summed E-state index contributed by atoms with van der Waals surface area (Å²) in [4.78, 5) is 30.9. The van der Waals surface area contributed by atoms with Crippen molar-refractivity contribution in [2.45, 2.75) is 14.9 Å². The van der Waals surface area contributed by atoms with Gasteiger partial charge in [-0.3, -0.25) is 9.13 Å². The van der Waals surface area contributed by atoms with Gasteiger partial charge in [0.25, 0.3) is 0 Å². The van der Waals surface area contributed by atoms with Crippen LogP contribution in [0.2, 0.25) is 0 Å². The fourth-order valence-corrected chi connectivity index (χ4v) is 13.8. The number of hydrogen-bond acceptors (Lipinski definition) is 6. The highest BCUT2D eigenvalue weighted by molar-refractivity contribution is 6.25. The molecule has 456 valence electrons. The summed E-state index contributed by atoms with van der Waals surface area (Å²) in [6.07, 6.45) is 0. The van der Waals surface area contributed by atoms with Crippen LogP contribution in [0.5, 0.6) is 0 Å². The van der Waals surface area contributed by atoms with Gasteiger partial charge in [0.1, 0.15) is 0 Å². The third kappa shape index (κ3) is 9.74. The topological polar surface area (TPSA) is 97.1 Å². The summed E-state index contributed by atoms with van der Waals surface area (Å²) in [7, 11) is 0. The summed E-state index contributed by atoms with van der Waals surface area (Å²) in [6.45, 7) is 0. The van der Waals surface area contributed by atoms with E-state index >= 15 is 0 Å². The van der Waals surface area contributed by atoms with Crippen LogP contribution in [0.25, 0.3) is 167 Å². The van der Waals surface area contributed by atoms with E-state index in [1.807, 2.05) is 84.9 Å².